The maximum Gasteiger partial charge on any atom is 0.373 e. The van der Waals surface area contributed by atoms with Crippen LogP contribution in [0.5, 0.6) is 5.75 Å². The third-order valence-corrected chi connectivity index (χ3v) is 4.34. The molecule has 4 heteroatoms. The summed E-state index contributed by atoms with van der Waals surface area (Å²) in [5.74, 6) is 1.03. The molecule has 2 aromatic carbocycles. The lowest BCUT2D eigenvalue weighted by Crippen LogP contribution is -2.30. The van der Waals surface area contributed by atoms with Crippen LogP contribution >= 0.6 is 0 Å². The van der Waals surface area contributed by atoms with E-state index in [1.165, 1.54) is 22.3 Å². The molecule has 0 unspecified atom stereocenters. The van der Waals surface area contributed by atoms with Crippen molar-refractivity contribution in [2.24, 2.45) is 0 Å². The van der Waals surface area contributed by atoms with Crippen molar-refractivity contribution in [1.29, 1.82) is 0 Å². The van der Waals surface area contributed by atoms with Gasteiger partial charge in [0.25, 0.3) is 0 Å². The Bertz CT molecular complexity index is 792. The van der Waals surface area contributed by atoms with Crippen molar-refractivity contribution in [1.82, 2.24) is 4.90 Å². The number of allylic oxidation sites excluding steroid dienone is 1. The van der Waals surface area contributed by atoms with Gasteiger partial charge in [-0.15, -0.1) is 0 Å². The molecule has 26 heavy (non-hydrogen) atoms. The van der Waals surface area contributed by atoms with Gasteiger partial charge in [0.05, 0.1) is 0 Å². The average molecular weight is 351 g/mol. The van der Waals surface area contributed by atoms with Crippen molar-refractivity contribution in [2.45, 2.75) is 40.0 Å². The van der Waals surface area contributed by atoms with Crippen LogP contribution < -0.4 is 4.74 Å². The number of hydrogen-bond acceptors (Lipinski definition) is 4. The number of nitrogens with zero attached hydrogens (tertiary/aromatic N) is 1. The summed E-state index contributed by atoms with van der Waals surface area (Å²) in [7, 11) is 0. The molecule has 0 saturated heterocycles. The Morgan fingerprint density at radius 2 is 1.96 bits per heavy atom. The Balaban J connectivity index is 0.000000758. The number of carbonyl (C=O) groups excluding carboxylic acids is 2. The lowest BCUT2D eigenvalue weighted by molar-refractivity contribution is -0.191. The molecular weight excluding hydrogens is 326 g/mol. The summed E-state index contributed by atoms with van der Waals surface area (Å²) < 4.78 is 6.06. The number of hydrogen-bond donors (Lipinski definition) is 0. The molecule has 0 aromatic heterocycles. The molecule has 0 N–H and O–H groups in total. The maximum absolute atomic E-state index is 8.12. The molecule has 0 fully saturated rings. The van der Waals surface area contributed by atoms with Crippen molar-refractivity contribution in [3.05, 3.63) is 70.8 Å². The minimum atomic E-state index is 0.206. The lowest BCUT2D eigenvalue weighted by atomic mass is 10.0. The van der Waals surface area contributed by atoms with E-state index < -0.39 is 0 Å². The van der Waals surface area contributed by atoms with Crippen LogP contribution in [-0.2, 0) is 22.7 Å². The first-order valence-electron chi connectivity index (χ1n) is 8.75. The van der Waals surface area contributed by atoms with Gasteiger partial charge in [-0.25, -0.2) is 0 Å². The highest BCUT2D eigenvalue weighted by molar-refractivity contribution is 5.51. The second-order valence-electron chi connectivity index (χ2n) is 6.48. The molecule has 3 rings (SSSR count). The van der Waals surface area contributed by atoms with E-state index in [1.807, 2.05) is 6.07 Å². The van der Waals surface area contributed by atoms with Crippen molar-refractivity contribution in [3.8, 4) is 5.75 Å². The largest absolute Gasteiger partial charge is 0.489 e. The van der Waals surface area contributed by atoms with E-state index in [0.717, 1.165) is 25.4 Å². The standard InChI is InChI=1S/C21H25NO.CO2/c1-4-7-18-11-10-16(2)20(12-18)15-22-13-17(3)23-21-9-6-5-8-19(21)14-22;2-1-3/h4-12,17H,13-15H2,1-3H3;/b7-4+;/t17-;/m1./s1. The predicted molar refractivity (Wildman–Crippen MR) is 102 cm³/mol. The number of para-hydroxylation sites is 1. The molecule has 0 spiro atoms. The Kier molecular flexibility index (Phi) is 7.34. The van der Waals surface area contributed by atoms with E-state index in [-0.39, 0.29) is 12.3 Å². The zero-order valence-corrected chi connectivity index (χ0v) is 15.6. The van der Waals surface area contributed by atoms with Gasteiger partial charge in [0.2, 0.25) is 0 Å². The zero-order chi connectivity index (χ0) is 18.9. The summed E-state index contributed by atoms with van der Waals surface area (Å²) in [5.41, 5.74) is 5.29. The predicted octanol–water partition coefficient (Wildman–Crippen LogP) is 4.23. The van der Waals surface area contributed by atoms with Gasteiger partial charge in [0.1, 0.15) is 11.9 Å². The summed E-state index contributed by atoms with van der Waals surface area (Å²) in [6, 6.07) is 15.1. The molecule has 0 radical (unpaired) electrons. The van der Waals surface area contributed by atoms with Crippen molar-refractivity contribution >= 4 is 12.2 Å². The lowest BCUT2D eigenvalue weighted by Gasteiger charge is -2.23. The van der Waals surface area contributed by atoms with Gasteiger partial charge in [-0.2, -0.15) is 9.59 Å². The number of ether oxygens (including phenoxy) is 1. The maximum atomic E-state index is 8.12. The van der Waals surface area contributed by atoms with Crippen molar-refractivity contribution in [3.63, 3.8) is 0 Å². The number of fused-ring (bicyclic) bond motifs is 1. The molecule has 1 heterocycles. The molecule has 4 nitrogen and oxygen atoms in total. The summed E-state index contributed by atoms with van der Waals surface area (Å²) >= 11 is 0. The van der Waals surface area contributed by atoms with Crippen LogP contribution in [0.3, 0.4) is 0 Å². The highest BCUT2D eigenvalue weighted by Gasteiger charge is 2.20. The summed E-state index contributed by atoms with van der Waals surface area (Å²) in [5, 5.41) is 0. The number of rotatable bonds is 3. The van der Waals surface area contributed by atoms with E-state index in [4.69, 9.17) is 14.3 Å². The highest BCUT2D eigenvalue weighted by Crippen LogP contribution is 2.26. The van der Waals surface area contributed by atoms with Gasteiger partial charge >= 0.3 is 6.15 Å². The van der Waals surface area contributed by atoms with Crippen LogP contribution in [0, 0.1) is 6.92 Å². The summed E-state index contributed by atoms with van der Waals surface area (Å²) in [6.45, 7) is 9.25. The van der Waals surface area contributed by atoms with Crippen LogP contribution in [0.15, 0.2) is 48.5 Å². The normalized spacial score (nSPS) is 16.7. The van der Waals surface area contributed by atoms with Crippen LogP contribution in [-0.4, -0.2) is 23.7 Å². The van der Waals surface area contributed by atoms with Gasteiger partial charge in [-0.05, 0) is 43.5 Å². The van der Waals surface area contributed by atoms with Gasteiger partial charge < -0.3 is 4.74 Å². The van der Waals surface area contributed by atoms with E-state index in [9.17, 15) is 0 Å². The molecule has 1 aliphatic heterocycles. The molecule has 136 valence electrons. The molecule has 2 aromatic rings. The Hall–Kier alpha value is -2.68. The number of aryl methyl sites for hydroxylation is 1. The average Bonchev–Trinajstić information content (AvgIpc) is 2.76. The van der Waals surface area contributed by atoms with Gasteiger partial charge in [-0.1, -0.05) is 48.6 Å². The molecular formula is C22H25NO3. The van der Waals surface area contributed by atoms with Crippen LogP contribution in [0.4, 0.5) is 0 Å². The fourth-order valence-electron chi connectivity index (χ4n) is 3.19. The van der Waals surface area contributed by atoms with Crippen LogP contribution in [0.25, 0.3) is 6.08 Å². The monoisotopic (exact) mass is 351 g/mol. The fraction of sp³-hybridized carbons (Fsp3) is 0.318. The minimum absolute atomic E-state index is 0.206. The van der Waals surface area contributed by atoms with Crippen molar-refractivity contribution in [2.75, 3.05) is 6.54 Å². The SMILES string of the molecule is C/C=C/c1ccc(C)c(CN2Cc3ccccc3O[C@H](C)C2)c1.O=C=O. The highest BCUT2D eigenvalue weighted by atomic mass is 16.5. The Morgan fingerprint density at radius 1 is 1.23 bits per heavy atom. The van der Waals surface area contributed by atoms with Crippen LogP contribution in [0.2, 0.25) is 0 Å². The summed E-state index contributed by atoms with van der Waals surface area (Å²) in [6.07, 6.45) is 4.71. The van der Waals surface area contributed by atoms with E-state index in [0.29, 0.717) is 0 Å². The Labute approximate surface area is 155 Å². The first-order valence-corrected chi connectivity index (χ1v) is 8.75. The molecule has 1 aliphatic rings. The topological polar surface area (TPSA) is 46.6 Å². The molecule has 1 atom stereocenters. The Morgan fingerprint density at radius 3 is 2.69 bits per heavy atom. The van der Waals surface area contributed by atoms with Gasteiger partial charge in [-0.3, -0.25) is 4.90 Å². The second kappa shape index (κ2) is 9.71. The smallest absolute Gasteiger partial charge is 0.373 e. The molecule has 0 saturated carbocycles. The third-order valence-electron chi connectivity index (χ3n) is 4.34. The van der Waals surface area contributed by atoms with E-state index in [1.54, 1.807) is 0 Å². The van der Waals surface area contributed by atoms with E-state index in [2.05, 4.69) is 74.2 Å². The first-order chi connectivity index (χ1) is 12.6. The molecule has 0 amide bonds. The fourth-order valence-corrected chi connectivity index (χ4v) is 3.19. The quantitative estimate of drug-likeness (QED) is 0.830. The second-order valence-corrected chi connectivity index (χ2v) is 6.48. The first kappa shape index (κ1) is 19.6. The number of benzene rings is 2. The zero-order valence-electron chi connectivity index (χ0n) is 15.6. The van der Waals surface area contributed by atoms with E-state index >= 15 is 0 Å². The van der Waals surface area contributed by atoms with Crippen LogP contribution in [0.1, 0.15) is 36.1 Å². The van der Waals surface area contributed by atoms with Crippen molar-refractivity contribution < 1.29 is 14.3 Å². The van der Waals surface area contributed by atoms with Gasteiger partial charge in [0, 0.05) is 25.2 Å². The minimum Gasteiger partial charge on any atom is -0.489 e. The molecule has 0 bridgehead atoms. The molecule has 0 aliphatic carbocycles. The third kappa shape index (κ3) is 5.41. The summed E-state index contributed by atoms with van der Waals surface area (Å²) in [4.78, 5) is 18.7. The van der Waals surface area contributed by atoms with Gasteiger partial charge in [0.15, 0.2) is 0 Å².